The van der Waals surface area contributed by atoms with E-state index in [9.17, 15) is 5.11 Å². The summed E-state index contributed by atoms with van der Waals surface area (Å²) >= 11 is 0. The first-order valence-electron chi connectivity index (χ1n) is 6.11. The van der Waals surface area contributed by atoms with Crippen molar-refractivity contribution < 1.29 is 5.11 Å². The molecule has 0 unspecified atom stereocenters. The second kappa shape index (κ2) is 5.41. The van der Waals surface area contributed by atoms with Gasteiger partial charge in [-0.25, -0.2) is 0 Å². The molecule has 0 aromatic carbocycles. The highest BCUT2D eigenvalue weighted by atomic mass is 16.3. The van der Waals surface area contributed by atoms with Crippen LogP contribution in [0, 0.1) is 0 Å². The summed E-state index contributed by atoms with van der Waals surface area (Å²) in [5.41, 5.74) is 0.860. The van der Waals surface area contributed by atoms with Crippen LogP contribution < -0.4 is 5.32 Å². The number of aromatic nitrogens is 1. The molecule has 1 saturated carbocycles. The SMILES string of the molecule is OC1(CNCCc2ccncc2)CCCC1. The van der Waals surface area contributed by atoms with Crippen LogP contribution in [0.5, 0.6) is 0 Å². The van der Waals surface area contributed by atoms with Crippen molar-refractivity contribution in [3.05, 3.63) is 30.1 Å². The summed E-state index contributed by atoms with van der Waals surface area (Å²) in [6.07, 6.45) is 8.88. The third-order valence-electron chi connectivity index (χ3n) is 3.33. The number of hydrogen-bond acceptors (Lipinski definition) is 3. The van der Waals surface area contributed by atoms with Crippen LogP contribution in [0.4, 0.5) is 0 Å². The first kappa shape index (κ1) is 11.6. The molecule has 0 aliphatic heterocycles. The Morgan fingerprint density at radius 3 is 2.62 bits per heavy atom. The molecule has 2 N–H and O–H groups in total. The van der Waals surface area contributed by atoms with Crippen molar-refractivity contribution in [3.63, 3.8) is 0 Å². The molecule has 88 valence electrons. The second-order valence-electron chi connectivity index (χ2n) is 4.71. The van der Waals surface area contributed by atoms with E-state index in [1.807, 2.05) is 24.5 Å². The molecule has 2 rings (SSSR count). The molecule has 3 heteroatoms. The first-order chi connectivity index (χ1) is 7.79. The largest absolute Gasteiger partial charge is 0.389 e. The van der Waals surface area contributed by atoms with Gasteiger partial charge in [-0.2, -0.15) is 0 Å². The lowest BCUT2D eigenvalue weighted by atomic mass is 10.0. The zero-order chi connectivity index (χ0) is 11.3. The summed E-state index contributed by atoms with van der Waals surface area (Å²) in [6, 6.07) is 4.07. The van der Waals surface area contributed by atoms with Gasteiger partial charge in [0.25, 0.3) is 0 Å². The van der Waals surface area contributed by atoms with Crippen molar-refractivity contribution in [1.82, 2.24) is 10.3 Å². The van der Waals surface area contributed by atoms with Crippen LogP contribution in [0.15, 0.2) is 24.5 Å². The lowest BCUT2D eigenvalue weighted by Gasteiger charge is -2.22. The molecule has 0 saturated heterocycles. The average Bonchev–Trinajstić information content (AvgIpc) is 2.74. The molecule has 0 spiro atoms. The molecule has 1 aliphatic carbocycles. The summed E-state index contributed by atoms with van der Waals surface area (Å²) in [7, 11) is 0. The van der Waals surface area contributed by atoms with Gasteiger partial charge in [0.05, 0.1) is 5.60 Å². The van der Waals surface area contributed by atoms with Crippen molar-refractivity contribution in [1.29, 1.82) is 0 Å². The molecule has 0 bridgehead atoms. The van der Waals surface area contributed by atoms with E-state index in [2.05, 4.69) is 10.3 Å². The predicted octanol–water partition coefficient (Wildman–Crippen LogP) is 1.52. The first-order valence-corrected chi connectivity index (χ1v) is 6.11. The second-order valence-corrected chi connectivity index (χ2v) is 4.71. The summed E-state index contributed by atoms with van der Waals surface area (Å²) in [5, 5.41) is 13.5. The fourth-order valence-corrected chi connectivity index (χ4v) is 2.31. The minimum Gasteiger partial charge on any atom is -0.389 e. The normalized spacial score (nSPS) is 18.8. The van der Waals surface area contributed by atoms with Gasteiger partial charge >= 0.3 is 0 Å². The minimum atomic E-state index is -0.432. The summed E-state index contributed by atoms with van der Waals surface area (Å²) in [4.78, 5) is 3.99. The number of aliphatic hydroxyl groups is 1. The number of rotatable bonds is 5. The fraction of sp³-hybridized carbons (Fsp3) is 0.615. The van der Waals surface area contributed by atoms with Gasteiger partial charge in [0, 0.05) is 18.9 Å². The minimum absolute atomic E-state index is 0.432. The molecule has 1 aromatic heterocycles. The molecule has 16 heavy (non-hydrogen) atoms. The van der Waals surface area contributed by atoms with Crippen molar-refractivity contribution in [2.75, 3.05) is 13.1 Å². The summed E-state index contributed by atoms with van der Waals surface area (Å²) < 4.78 is 0. The van der Waals surface area contributed by atoms with Gasteiger partial charge in [0.15, 0.2) is 0 Å². The van der Waals surface area contributed by atoms with Crippen LogP contribution in [0.3, 0.4) is 0 Å². The van der Waals surface area contributed by atoms with Gasteiger partial charge in [-0.3, -0.25) is 4.98 Å². The van der Waals surface area contributed by atoms with Crippen molar-refractivity contribution in [2.45, 2.75) is 37.7 Å². The Morgan fingerprint density at radius 1 is 1.25 bits per heavy atom. The zero-order valence-electron chi connectivity index (χ0n) is 9.65. The molecule has 1 heterocycles. The molecular weight excluding hydrogens is 200 g/mol. The molecule has 0 radical (unpaired) electrons. The monoisotopic (exact) mass is 220 g/mol. The predicted molar refractivity (Wildman–Crippen MR) is 64.2 cm³/mol. The zero-order valence-corrected chi connectivity index (χ0v) is 9.65. The summed E-state index contributed by atoms with van der Waals surface area (Å²) in [5.74, 6) is 0. The van der Waals surface area contributed by atoms with Gasteiger partial charge in [-0.15, -0.1) is 0 Å². The highest BCUT2D eigenvalue weighted by Crippen LogP contribution is 2.28. The smallest absolute Gasteiger partial charge is 0.0771 e. The quantitative estimate of drug-likeness (QED) is 0.739. The summed E-state index contributed by atoms with van der Waals surface area (Å²) in [6.45, 7) is 1.66. The Morgan fingerprint density at radius 2 is 1.94 bits per heavy atom. The molecule has 0 atom stereocenters. The maximum Gasteiger partial charge on any atom is 0.0771 e. The Hall–Kier alpha value is -0.930. The van der Waals surface area contributed by atoms with Gasteiger partial charge in [-0.05, 0) is 43.5 Å². The Bertz CT molecular complexity index is 307. The van der Waals surface area contributed by atoms with Gasteiger partial charge in [-0.1, -0.05) is 12.8 Å². The van der Waals surface area contributed by atoms with Crippen LogP contribution >= 0.6 is 0 Å². The Kier molecular flexibility index (Phi) is 3.91. The highest BCUT2D eigenvalue weighted by Gasteiger charge is 2.30. The van der Waals surface area contributed by atoms with E-state index >= 15 is 0 Å². The number of nitrogens with one attached hydrogen (secondary N) is 1. The third kappa shape index (κ3) is 3.29. The molecule has 1 aliphatic rings. The molecule has 0 amide bonds. The van der Waals surface area contributed by atoms with Crippen LogP contribution in [0.1, 0.15) is 31.2 Å². The molecule has 1 aromatic rings. The van der Waals surface area contributed by atoms with Crippen LogP contribution in [0.2, 0.25) is 0 Å². The third-order valence-corrected chi connectivity index (χ3v) is 3.33. The van der Waals surface area contributed by atoms with E-state index in [1.165, 1.54) is 18.4 Å². The number of pyridine rings is 1. The van der Waals surface area contributed by atoms with E-state index in [4.69, 9.17) is 0 Å². The maximum atomic E-state index is 10.1. The number of nitrogens with zero attached hydrogens (tertiary/aromatic N) is 1. The molecule has 3 nitrogen and oxygen atoms in total. The van der Waals surface area contributed by atoms with Crippen molar-refractivity contribution >= 4 is 0 Å². The van der Waals surface area contributed by atoms with Crippen molar-refractivity contribution in [2.24, 2.45) is 0 Å². The van der Waals surface area contributed by atoms with Gasteiger partial charge in [0.2, 0.25) is 0 Å². The molecular formula is C13H20N2O. The number of hydrogen-bond donors (Lipinski definition) is 2. The fourth-order valence-electron chi connectivity index (χ4n) is 2.31. The van der Waals surface area contributed by atoms with E-state index < -0.39 is 5.60 Å². The lowest BCUT2D eigenvalue weighted by molar-refractivity contribution is 0.0481. The van der Waals surface area contributed by atoms with Crippen LogP contribution in [0.25, 0.3) is 0 Å². The lowest BCUT2D eigenvalue weighted by Crippen LogP contribution is -2.38. The average molecular weight is 220 g/mol. The van der Waals surface area contributed by atoms with Gasteiger partial charge < -0.3 is 10.4 Å². The Balaban J connectivity index is 1.65. The standard InChI is InChI=1S/C13H20N2O/c16-13(6-1-2-7-13)11-15-10-5-12-3-8-14-9-4-12/h3-4,8-9,15-16H,1-2,5-7,10-11H2. The van der Waals surface area contributed by atoms with Crippen LogP contribution in [-0.2, 0) is 6.42 Å². The highest BCUT2D eigenvalue weighted by molar-refractivity contribution is 5.09. The van der Waals surface area contributed by atoms with E-state index in [0.29, 0.717) is 0 Å². The topological polar surface area (TPSA) is 45.1 Å². The van der Waals surface area contributed by atoms with Crippen LogP contribution in [-0.4, -0.2) is 28.8 Å². The maximum absolute atomic E-state index is 10.1. The van der Waals surface area contributed by atoms with E-state index in [0.717, 1.165) is 32.4 Å². The van der Waals surface area contributed by atoms with Crippen molar-refractivity contribution in [3.8, 4) is 0 Å². The van der Waals surface area contributed by atoms with E-state index in [1.54, 1.807) is 0 Å². The molecule has 1 fully saturated rings. The van der Waals surface area contributed by atoms with E-state index in [-0.39, 0.29) is 0 Å². The Labute approximate surface area is 96.9 Å². The van der Waals surface area contributed by atoms with Gasteiger partial charge in [0.1, 0.15) is 0 Å².